The summed E-state index contributed by atoms with van der Waals surface area (Å²) in [5, 5.41) is 3.34. The van der Waals surface area contributed by atoms with Crippen LogP contribution in [0, 0.1) is 0 Å². The largest absolute Gasteiger partial charge is 0.495 e. The lowest BCUT2D eigenvalue weighted by atomic mass is 10.1. The summed E-state index contributed by atoms with van der Waals surface area (Å²) in [6.07, 6.45) is 0. The van der Waals surface area contributed by atoms with Crippen molar-refractivity contribution in [1.29, 1.82) is 0 Å². The fourth-order valence-electron chi connectivity index (χ4n) is 1.48. The molecule has 0 aliphatic carbocycles. The third-order valence-electron chi connectivity index (χ3n) is 2.34. The number of hydrogen-bond donors (Lipinski definition) is 0. The Morgan fingerprint density at radius 1 is 1.24 bits per heavy atom. The highest BCUT2D eigenvalue weighted by Gasteiger charge is 2.16. The highest BCUT2D eigenvalue weighted by Crippen LogP contribution is 2.40. The van der Waals surface area contributed by atoms with E-state index in [4.69, 9.17) is 27.9 Å². The lowest BCUT2D eigenvalue weighted by Gasteiger charge is -2.11. The molecule has 0 bridgehead atoms. The summed E-state index contributed by atoms with van der Waals surface area (Å²) in [7, 11) is 1.60. The van der Waals surface area contributed by atoms with Crippen molar-refractivity contribution >= 4 is 50.5 Å². The van der Waals surface area contributed by atoms with Crippen LogP contribution in [0.3, 0.4) is 0 Å². The molecule has 1 aromatic heterocycles. The van der Waals surface area contributed by atoms with Crippen LogP contribution in [0.15, 0.2) is 29.6 Å². The molecule has 0 spiro atoms. The van der Waals surface area contributed by atoms with Crippen LogP contribution in [0.25, 0.3) is 0 Å². The molecule has 2 aromatic rings. The summed E-state index contributed by atoms with van der Waals surface area (Å²) >= 11 is 17.5. The van der Waals surface area contributed by atoms with Gasteiger partial charge in [-0.05, 0) is 29.1 Å². The first kappa shape index (κ1) is 13.2. The predicted molar refractivity (Wildman–Crippen MR) is 78.1 cm³/mol. The Labute approximate surface area is 122 Å². The summed E-state index contributed by atoms with van der Waals surface area (Å²) < 4.78 is 5.12. The zero-order chi connectivity index (χ0) is 12.4. The number of ether oxygens (including phenoxy) is 1. The molecule has 17 heavy (non-hydrogen) atoms. The number of halogens is 3. The highest BCUT2D eigenvalue weighted by atomic mass is 79.9. The Hall–Kier alpha value is -0.220. The Bertz CT molecular complexity index is 527. The monoisotopic (exact) mass is 350 g/mol. The molecular weight excluding hydrogens is 343 g/mol. The van der Waals surface area contributed by atoms with Gasteiger partial charge in [-0.1, -0.05) is 45.2 Å². The number of benzene rings is 1. The van der Waals surface area contributed by atoms with Gasteiger partial charge < -0.3 is 4.74 Å². The van der Waals surface area contributed by atoms with Crippen LogP contribution in [0.4, 0.5) is 0 Å². The van der Waals surface area contributed by atoms with Crippen LogP contribution in [0.5, 0.6) is 5.75 Å². The van der Waals surface area contributed by atoms with E-state index >= 15 is 0 Å². The Balaban J connectivity index is 2.35. The molecule has 1 heterocycles. The quantitative estimate of drug-likeness (QED) is 0.659. The van der Waals surface area contributed by atoms with Crippen LogP contribution in [-0.4, -0.2) is 7.11 Å². The van der Waals surface area contributed by atoms with E-state index in [2.05, 4.69) is 15.9 Å². The molecule has 0 saturated heterocycles. The molecule has 0 aliphatic heterocycles. The summed E-state index contributed by atoms with van der Waals surface area (Å²) in [6.45, 7) is 0. The van der Waals surface area contributed by atoms with Crippen molar-refractivity contribution in [1.82, 2.24) is 0 Å². The van der Waals surface area contributed by atoms with Crippen LogP contribution in [-0.2, 0) is 0 Å². The van der Waals surface area contributed by atoms with Crippen molar-refractivity contribution in [3.05, 3.63) is 50.1 Å². The van der Waals surface area contributed by atoms with Crippen molar-refractivity contribution in [2.75, 3.05) is 7.11 Å². The maximum atomic E-state index is 6.11. The number of alkyl halides is 1. The van der Waals surface area contributed by atoms with E-state index < -0.39 is 0 Å². The van der Waals surface area contributed by atoms with Gasteiger partial charge in [0.15, 0.2) is 0 Å². The van der Waals surface area contributed by atoms with Gasteiger partial charge in [-0.2, -0.15) is 0 Å². The molecule has 5 heteroatoms. The maximum Gasteiger partial charge on any atom is 0.137 e. The van der Waals surface area contributed by atoms with Crippen molar-refractivity contribution in [3.8, 4) is 5.75 Å². The van der Waals surface area contributed by atoms with E-state index in [0.717, 1.165) is 15.5 Å². The highest BCUT2D eigenvalue weighted by molar-refractivity contribution is 9.09. The molecule has 0 fully saturated rings. The van der Waals surface area contributed by atoms with Crippen LogP contribution in [0.1, 0.15) is 15.3 Å². The summed E-state index contributed by atoms with van der Waals surface area (Å²) in [5.74, 6) is 0.674. The van der Waals surface area contributed by atoms with Gasteiger partial charge >= 0.3 is 0 Å². The van der Waals surface area contributed by atoms with E-state index in [1.807, 2.05) is 29.6 Å². The van der Waals surface area contributed by atoms with Gasteiger partial charge in [0.05, 0.1) is 22.0 Å². The van der Waals surface area contributed by atoms with Crippen LogP contribution in [0.2, 0.25) is 10.0 Å². The van der Waals surface area contributed by atoms with Crippen LogP contribution < -0.4 is 4.74 Å². The van der Waals surface area contributed by atoms with Crippen molar-refractivity contribution in [3.63, 3.8) is 0 Å². The molecule has 1 atom stereocenters. The zero-order valence-electron chi connectivity index (χ0n) is 8.91. The van der Waals surface area contributed by atoms with E-state index in [-0.39, 0.29) is 4.83 Å². The van der Waals surface area contributed by atoms with Gasteiger partial charge in [0.25, 0.3) is 0 Å². The number of thiophene rings is 1. The molecule has 1 aromatic carbocycles. The minimum atomic E-state index is 0.0541. The standard InChI is InChI=1S/C12H9BrCl2OS/c1-16-10-3-2-7(6-9(10)15)11(13)12-8(14)4-5-17-12/h2-6,11H,1H3. The summed E-state index contributed by atoms with van der Waals surface area (Å²) in [6, 6.07) is 7.60. The smallest absolute Gasteiger partial charge is 0.137 e. The average Bonchev–Trinajstić information content (AvgIpc) is 2.74. The number of rotatable bonds is 3. The lowest BCUT2D eigenvalue weighted by Crippen LogP contribution is -1.92. The topological polar surface area (TPSA) is 9.23 Å². The fraction of sp³-hybridized carbons (Fsp3) is 0.167. The first-order valence-electron chi connectivity index (χ1n) is 4.84. The molecule has 0 N–H and O–H groups in total. The Morgan fingerprint density at radius 2 is 2.00 bits per heavy atom. The van der Waals surface area contributed by atoms with Crippen molar-refractivity contribution < 1.29 is 4.74 Å². The Kier molecular flexibility index (Phi) is 4.36. The van der Waals surface area contributed by atoms with Gasteiger partial charge in [-0.3, -0.25) is 0 Å². The molecule has 0 amide bonds. The molecule has 0 saturated carbocycles. The first-order valence-corrected chi connectivity index (χ1v) is 7.39. The third kappa shape index (κ3) is 2.79. The number of methoxy groups -OCH3 is 1. The normalized spacial score (nSPS) is 12.5. The fourth-order valence-corrected chi connectivity index (χ4v) is 3.90. The maximum absolute atomic E-state index is 6.11. The van der Waals surface area contributed by atoms with E-state index in [0.29, 0.717) is 10.8 Å². The summed E-state index contributed by atoms with van der Waals surface area (Å²) in [5.41, 5.74) is 1.06. The molecule has 1 nitrogen and oxygen atoms in total. The first-order chi connectivity index (χ1) is 8.13. The summed E-state index contributed by atoms with van der Waals surface area (Å²) in [4.78, 5) is 1.13. The van der Waals surface area contributed by atoms with Crippen LogP contribution >= 0.6 is 50.5 Å². The molecule has 2 rings (SSSR count). The van der Waals surface area contributed by atoms with E-state index in [1.165, 1.54) is 0 Å². The molecule has 0 aliphatic rings. The lowest BCUT2D eigenvalue weighted by molar-refractivity contribution is 0.415. The molecule has 0 radical (unpaired) electrons. The van der Waals surface area contributed by atoms with Gasteiger partial charge in [0.2, 0.25) is 0 Å². The predicted octanol–water partition coefficient (Wildman–Crippen LogP) is 5.55. The minimum absolute atomic E-state index is 0.0541. The third-order valence-corrected chi connectivity index (χ3v) is 5.35. The van der Waals surface area contributed by atoms with Gasteiger partial charge in [-0.25, -0.2) is 0 Å². The molecule has 1 unspecified atom stereocenters. The van der Waals surface area contributed by atoms with Gasteiger partial charge in [-0.15, -0.1) is 11.3 Å². The van der Waals surface area contributed by atoms with Crippen molar-refractivity contribution in [2.45, 2.75) is 4.83 Å². The van der Waals surface area contributed by atoms with Gasteiger partial charge in [0.1, 0.15) is 5.75 Å². The van der Waals surface area contributed by atoms with Crippen molar-refractivity contribution in [2.24, 2.45) is 0 Å². The zero-order valence-corrected chi connectivity index (χ0v) is 12.8. The van der Waals surface area contributed by atoms with E-state index in [9.17, 15) is 0 Å². The molecule has 90 valence electrons. The second kappa shape index (κ2) is 5.61. The second-order valence-corrected chi connectivity index (χ2v) is 6.07. The number of hydrogen-bond acceptors (Lipinski definition) is 2. The van der Waals surface area contributed by atoms with E-state index in [1.54, 1.807) is 18.4 Å². The minimum Gasteiger partial charge on any atom is -0.495 e. The average molecular weight is 352 g/mol. The van der Waals surface area contributed by atoms with Gasteiger partial charge in [0, 0.05) is 4.88 Å². The Morgan fingerprint density at radius 3 is 2.53 bits per heavy atom. The SMILES string of the molecule is COc1ccc(C(Br)c2sccc2Cl)cc1Cl. The molecular formula is C12H9BrCl2OS. The second-order valence-electron chi connectivity index (χ2n) is 3.39.